The number of hydrogen-bond acceptors (Lipinski definition) is 4. The van der Waals surface area contributed by atoms with E-state index in [9.17, 15) is 13.2 Å². The normalized spacial score (nSPS) is 17.8. The highest BCUT2D eigenvalue weighted by molar-refractivity contribution is 7.89. The zero-order chi connectivity index (χ0) is 18.6. The molecule has 1 aliphatic heterocycles. The summed E-state index contributed by atoms with van der Waals surface area (Å²) in [5.41, 5.74) is 0.887. The number of benzene rings is 1. The Labute approximate surface area is 163 Å². The molecule has 1 fully saturated rings. The van der Waals surface area contributed by atoms with Crippen LogP contribution in [0.5, 0.6) is 0 Å². The van der Waals surface area contributed by atoms with Crippen LogP contribution in [0, 0.1) is 11.8 Å². The summed E-state index contributed by atoms with van der Waals surface area (Å²) in [5.74, 6) is 1.09. The van der Waals surface area contributed by atoms with E-state index in [1.165, 1.54) is 12.1 Å². The van der Waals surface area contributed by atoms with Gasteiger partial charge in [0.15, 0.2) is 0 Å². The molecule has 0 saturated carbocycles. The number of nitrogens with zero attached hydrogens (tertiary/aromatic N) is 1. The van der Waals surface area contributed by atoms with Crippen molar-refractivity contribution in [3.63, 3.8) is 0 Å². The fraction of sp³-hybridized carbons (Fsp3) is 0.611. The van der Waals surface area contributed by atoms with Crippen molar-refractivity contribution in [2.24, 2.45) is 17.0 Å². The van der Waals surface area contributed by atoms with Crippen LogP contribution >= 0.6 is 12.4 Å². The van der Waals surface area contributed by atoms with Crippen LogP contribution in [0.2, 0.25) is 0 Å². The van der Waals surface area contributed by atoms with Gasteiger partial charge in [0.2, 0.25) is 15.9 Å². The highest BCUT2D eigenvalue weighted by atomic mass is 35.5. The number of sulfonamides is 1. The maximum absolute atomic E-state index is 12.6. The fourth-order valence-corrected chi connectivity index (χ4v) is 3.89. The van der Waals surface area contributed by atoms with Gasteiger partial charge in [0.25, 0.3) is 0 Å². The molecule has 3 N–H and O–H groups in total. The average Bonchev–Trinajstić information content (AvgIpc) is 2.60. The van der Waals surface area contributed by atoms with Crippen molar-refractivity contribution in [1.29, 1.82) is 0 Å². The van der Waals surface area contributed by atoms with E-state index in [0.29, 0.717) is 18.3 Å². The smallest absolute Gasteiger partial charge is 0.238 e. The van der Waals surface area contributed by atoms with Crippen LogP contribution in [-0.4, -0.2) is 39.4 Å². The third-order valence-corrected chi connectivity index (χ3v) is 6.28. The van der Waals surface area contributed by atoms with Crippen molar-refractivity contribution in [1.82, 2.24) is 10.2 Å². The summed E-state index contributed by atoms with van der Waals surface area (Å²) in [7, 11) is -1.89. The Morgan fingerprint density at radius 2 is 1.77 bits per heavy atom. The number of nitrogens with one attached hydrogen (secondary N) is 1. The first-order valence-corrected chi connectivity index (χ1v) is 10.3. The zero-order valence-corrected chi connectivity index (χ0v) is 17.3. The number of carbonyl (C=O) groups is 1. The number of amides is 1. The predicted octanol–water partition coefficient (Wildman–Crippen LogP) is 2.30. The standard InChI is InChI=1S/C18H29N3O3S.ClH/c1-13(15-8-10-20-11-9-15)12-18(22)21(3)14(2)16-4-6-17(7-5-16)25(19,23)24;/h4-7,13-15,20H,8-12H2,1-3H3,(H2,19,23,24);1H. The van der Waals surface area contributed by atoms with E-state index in [1.807, 2.05) is 6.92 Å². The summed E-state index contributed by atoms with van der Waals surface area (Å²) in [6.07, 6.45) is 2.80. The highest BCUT2D eigenvalue weighted by Gasteiger charge is 2.25. The Hall–Kier alpha value is -1.15. The van der Waals surface area contributed by atoms with Gasteiger partial charge < -0.3 is 10.2 Å². The first-order chi connectivity index (χ1) is 11.7. The van der Waals surface area contributed by atoms with Crippen LogP contribution in [0.25, 0.3) is 0 Å². The van der Waals surface area contributed by atoms with E-state index in [0.717, 1.165) is 31.5 Å². The number of hydrogen-bond donors (Lipinski definition) is 2. The lowest BCUT2D eigenvalue weighted by molar-refractivity contribution is -0.133. The molecule has 0 radical (unpaired) electrons. The average molecular weight is 404 g/mol. The third-order valence-electron chi connectivity index (χ3n) is 5.35. The second-order valence-corrected chi connectivity index (χ2v) is 8.62. The van der Waals surface area contributed by atoms with Gasteiger partial charge in [0.05, 0.1) is 10.9 Å². The van der Waals surface area contributed by atoms with Gasteiger partial charge in [-0.15, -0.1) is 12.4 Å². The first-order valence-electron chi connectivity index (χ1n) is 8.79. The van der Waals surface area contributed by atoms with Crippen LogP contribution in [0.1, 0.15) is 44.7 Å². The molecule has 1 aliphatic rings. The molecule has 8 heteroatoms. The second kappa shape index (κ2) is 9.69. The number of piperidine rings is 1. The Balaban J connectivity index is 0.00000338. The van der Waals surface area contributed by atoms with Crippen molar-refractivity contribution in [2.45, 2.75) is 44.0 Å². The van der Waals surface area contributed by atoms with Crippen LogP contribution in [-0.2, 0) is 14.8 Å². The Morgan fingerprint density at radius 3 is 2.27 bits per heavy atom. The number of nitrogens with two attached hydrogens (primary N) is 1. The van der Waals surface area contributed by atoms with Gasteiger partial charge in [-0.2, -0.15) is 0 Å². The minimum atomic E-state index is -3.70. The minimum absolute atomic E-state index is 0. The van der Waals surface area contributed by atoms with Crippen LogP contribution in [0.3, 0.4) is 0 Å². The largest absolute Gasteiger partial charge is 0.339 e. The number of carbonyl (C=O) groups excluding carboxylic acids is 1. The van der Waals surface area contributed by atoms with Gasteiger partial charge >= 0.3 is 0 Å². The number of primary sulfonamides is 1. The van der Waals surface area contributed by atoms with Gasteiger partial charge in [-0.25, -0.2) is 13.6 Å². The molecule has 1 aromatic rings. The van der Waals surface area contributed by atoms with Gasteiger partial charge in [0, 0.05) is 13.5 Å². The minimum Gasteiger partial charge on any atom is -0.339 e. The molecule has 1 heterocycles. The van der Waals surface area contributed by atoms with Crippen molar-refractivity contribution < 1.29 is 13.2 Å². The molecule has 1 saturated heterocycles. The second-order valence-electron chi connectivity index (χ2n) is 7.06. The lowest BCUT2D eigenvalue weighted by atomic mass is 9.84. The van der Waals surface area contributed by atoms with Crippen molar-refractivity contribution in [3.05, 3.63) is 29.8 Å². The lowest BCUT2D eigenvalue weighted by Crippen LogP contribution is -2.35. The van der Waals surface area contributed by atoms with Crippen LogP contribution in [0.15, 0.2) is 29.2 Å². The van der Waals surface area contributed by atoms with Crippen LogP contribution in [0.4, 0.5) is 0 Å². The number of rotatable bonds is 6. The van der Waals surface area contributed by atoms with Gasteiger partial charge in [-0.1, -0.05) is 19.1 Å². The van der Waals surface area contributed by atoms with E-state index in [-0.39, 0.29) is 29.3 Å². The fourth-order valence-electron chi connectivity index (χ4n) is 3.38. The molecule has 2 atom stereocenters. The van der Waals surface area contributed by atoms with Gasteiger partial charge in [-0.05, 0) is 62.4 Å². The summed E-state index contributed by atoms with van der Waals surface area (Å²) in [4.78, 5) is 14.5. The Kier molecular flexibility index (Phi) is 8.53. The molecule has 0 spiro atoms. The summed E-state index contributed by atoms with van der Waals surface area (Å²) in [6, 6.07) is 6.27. The summed E-state index contributed by atoms with van der Waals surface area (Å²) in [6.45, 7) is 6.17. The molecule has 148 valence electrons. The first kappa shape index (κ1) is 22.9. The summed E-state index contributed by atoms with van der Waals surface area (Å²) < 4.78 is 22.7. The van der Waals surface area contributed by atoms with E-state index in [1.54, 1.807) is 24.1 Å². The topological polar surface area (TPSA) is 92.5 Å². The van der Waals surface area contributed by atoms with Crippen molar-refractivity contribution in [2.75, 3.05) is 20.1 Å². The van der Waals surface area contributed by atoms with Gasteiger partial charge in [0.1, 0.15) is 0 Å². The summed E-state index contributed by atoms with van der Waals surface area (Å²) >= 11 is 0. The van der Waals surface area contributed by atoms with E-state index >= 15 is 0 Å². The number of halogens is 1. The molecule has 1 aromatic carbocycles. The van der Waals surface area contributed by atoms with E-state index in [4.69, 9.17) is 5.14 Å². The molecule has 26 heavy (non-hydrogen) atoms. The van der Waals surface area contributed by atoms with Crippen molar-refractivity contribution >= 4 is 28.3 Å². The van der Waals surface area contributed by atoms with Crippen LogP contribution < -0.4 is 10.5 Å². The molecule has 1 amide bonds. The maximum Gasteiger partial charge on any atom is 0.238 e. The molecule has 2 unspecified atom stereocenters. The molecule has 6 nitrogen and oxygen atoms in total. The SMILES string of the molecule is CC(CC(=O)N(C)C(C)c1ccc(S(N)(=O)=O)cc1)C1CCNCC1.Cl. The Morgan fingerprint density at radius 1 is 1.23 bits per heavy atom. The predicted molar refractivity (Wildman–Crippen MR) is 106 cm³/mol. The third kappa shape index (κ3) is 5.94. The van der Waals surface area contributed by atoms with Crippen molar-refractivity contribution in [3.8, 4) is 0 Å². The monoisotopic (exact) mass is 403 g/mol. The highest BCUT2D eigenvalue weighted by Crippen LogP contribution is 2.27. The zero-order valence-electron chi connectivity index (χ0n) is 15.6. The maximum atomic E-state index is 12.6. The quantitative estimate of drug-likeness (QED) is 0.762. The van der Waals surface area contributed by atoms with Gasteiger partial charge in [-0.3, -0.25) is 4.79 Å². The molecule has 2 rings (SSSR count). The lowest BCUT2D eigenvalue weighted by Gasteiger charge is -2.31. The molecule has 0 aromatic heterocycles. The molecule has 0 aliphatic carbocycles. The Bertz CT molecular complexity index is 688. The van der Waals surface area contributed by atoms with E-state index in [2.05, 4.69) is 12.2 Å². The summed E-state index contributed by atoms with van der Waals surface area (Å²) in [5, 5.41) is 8.47. The molecular formula is C18H30ClN3O3S. The van der Waals surface area contributed by atoms with E-state index < -0.39 is 10.0 Å². The molecule has 0 bridgehead atoms. The molecular weight excluding hydrogens is 374 g/mol.